The maximum atomic E-state index is 6.22. The average Bonchev–Trinajstić information content (AvgIpc) is 2.73. The lowest BCUT2D eigenvalue weighted by atomic mass is 10.1. The molecule has 2 rings (SSSR count). The van der Waals surface area contributed by atoms with Crippen LogP contribution in [0.5, 0.6) is 0 Å². The van der Waals surface area contributed by atoms with Gasteiger partial charge in [0, 0.05) is 12.6 Å². The Hall–Kier alpha value is -0.0300. The Bertz CT molecular complexity index is 494. The molecular weight excluding hydrogens is 321 g/mol. The minimum Gasteiger partial charge on any atom is -0.348 e. The highest BCUT2D eigenvalue weighted by Gasteiger charge is 2.32. The summed E-state index contributed by atoms with van der Waals surface area (Å²) in [7, 11) is 0. The molecule has 1 heterocycles. The van der Waals surface area contributed by atoms with Gasteiger partial charge >= 0.3 is 0 Å². The van der Waals surface area contributed by atoms with E-state index in [0.717, 1.165) is 5.56 Å². The molecule has 20 heavy (non-hydrogen) atoms. The molecule has 3 nitrogen and oxygen atoms in total. The van der Waals surface area contributed by atoms with Crippen LogP contribution < -0.4 is 5.32 Å². The summed E-state index contributed by atoms with van der Waals surface area (Å²) < 4.78 is 11.3. The minimum absolute atomic E-state index is 0.0361. The van der Waals surface area contributed by atoms with Crippen LogP contribution in [-0.4, -0.2) is 25.0 Å². The number of rotatable bonds is 4. The summed E-state index contributed by atoms with van der Waals surface area (Å²) in [5.74, 6) is -0.503. The van der Waals surface area contributed by atoms with Crippen LogP contribution in [0.2, 0.25) is 15.1 Å². The quantitative estimate of drug-likeness (QED) is 0.823. The van der Waals surface area contributed by atoms with Crippen LogP contribution in [0.4, 0.5) is 0 Å². The largest absolute Gasteiger partial charge is 0.348 e. The summed E-state index contributed by atoms with van der Waals surface area (Å²) in [5, 5.41) is 4.71. The molecule has 0 aromatic heterocycles. The summed E-state index contributed by atoms with van der Waals surface area (Å²) in [5.41, 5.74) is 0.916. The van der Waals surface area contributed by atoms with Gasteiger partial charge in [0.05, 0.1) is 27.8 Å². The highest BCUT2D eigenvalue weighted by Crippen LogP contribution is 2.35. The van der Waals surface area contributed by atoms with E-state index in [1.165, 1.54) is 0 Å². The number of halogens is 3. The number of benzene rings is 1. The van der Waals surface area contributed by atoms with Crippen LogP contribution in [-0.2, 0) is 9.47 Å². The molecule has 0 bridgehead atoms. The van der Waals surface area contributed by atoms with Gasteiger partial charge in [-0.25, -0.2) is 0 Å². The lowest BCUT2D eigenvalue weighted by molar-refractivity contribution is -0.137. The lowest BCUT2D eigenvalue weighted by Crippen LogP contribution is -2.32. The summed E-state index contributed by atoms with van der Waals surface area (Å²) in [6.45, 7) is 7.11. The highest BCUT2D eigenvalue weighted by molar-refractivity contribution is 6.48. The number of hydrogen-bond acceptors (Lipinski definition) is 3. The van der Waals surface area contributed by atoms with Gasteiger partial charge in [-0.3, -0.25) is 0 Å². The Labute approximate surface area is 134 Å². The van der Waals surface area contributed by atoms with Gasteiger partial charge in [-0.15, -0.1) is 0 Å². The lowest BCUT2D eigenvalue weighted by Gasteiger charge is -2.20. The van der Waals surface area contributed by atoms with Crippen molar-refractivity contribution in [2.45, 2.75) is 38.7 Å². The Kier molecular flexibility index (Phi) is 5.22. The molecule has 1 N–H and O–H groups in total. The summed E-state index contributed by atoms with van der Waals surface area (Å²) in [4.78, 5) is 0. The van der Waals surface area contributed by atoms with E-state index in [0.29, 0.717) is 28.2 Å². The molecule has 0 radical (unpaired) electrons. The standard InChI is InChI=1S/C14H18Cl3NO2/c1-8(10-4-5-11(15)13(17)12(10)16)18-6-9-7-19-14(2,3)20-9/h4-5,8-9,18H,6-7H2,1-3H3. The predicted octanol–water partition coefficient (Wildman–Crippen LogP) is 4.45. The predicted molar refractivity (Wildman–Crippen MR) is 82.8 cm³/mol. The van der Waals surface area contributed by atoms with Crippen molar-refractivity contribution >= 4 is 34.8 Å². The van der Waals surface area contributed by atoms with Crippen LogP contribution in [0, 0.1) is 0 Å². The molecule has 0 saturated carbocycles. The maximum absolute atomic E-state index is 6.22. The van der Waals surface area contributed by atoms with E-state index in [4.69, 9.17) is 44.3 Å². The van der Waals surface area contributed by atoms with E-state index in [9.17, 15) is 0 Å². The van der Waals surface area contributed by atoms with Gasteiger partial charge in [0.15, 0.2) is 5.79 Å². The van der Waals surface area contributed by atoms with Crippen molar-refractivity contribution < 1.29 is 9.47 Å². The molecule has 6 heteroatoms. The molecule has 1 aliphatic rings. The molecule has 1 saturated heterocycles. The molecule has 2 atom stereocenters. The molecule has 0 aliphatic carbocycles. The number of ether oxygens (including phenoxy) is 2. The molecule has 0 amide bonds. The Balaban J connectivity index is 1.96. The fraction of sp³-hybridized carbons (Fsp3) is 0.571. The zero-order valence-corrected chi connectivity index (χ0v) is 13.9. The smallest absolute Gasteiger partial charge is 0.163 e. The fourth-order valence-corrected chi connectivity index (χ4v) is 2.86. The maximum Gasteiger partial charge on any atom is 0.163 e. The summed E-state index contributed by atoms with van der Waals surface area (Å²) >= 11 is 18.2. The molecular formula is C14H18Cl3NO2. The van der Waals surface area contributed by atoms with Crippen molar-refractivity contribution in [2.24, 2.45) is 0 Å². The first-order valence-corrected chi connectivity index (χ1v) is 7.62. The topological polar surface area (TPSA) is 30.5 Å². The van der Waals surface area contributed by atoms with Crippen molar-refractivity contribution in [3.05, 3.63) is 32.8 Å². The highest BCUT2D eigenvalue weighted by atomic mass is 35.5. The Morgan fingerprint density at radius 2 is 2.00 bits per heavy atom. The zero-order chi connectivity index (χ0) is 14.9. The Morgan fingerprint density at radius 3 is 2.60 bits per heavy atom. The van der Waals surface area contributed by atoms with E-state index in [2.05, 4.69) is 5.32 Å². The zero-order valence-electron chi connectivity index (χ0n) is 11.7. The third kappa shape index (κ3) is 3.79. The SMILES string of the molecule is CC(NCC1COC(C)(C)O1)c1ccc(Cl)c(Cl)c1Cl. The number of hydrogen-bond donors (Lipinski definition) is 1. The normalized spacial score (nSPS) is 23.0. The van der Waals surface area contributed by atoms with Gasteiger partial charge in [0.25, 0.3) is 0 Å². The van der Waals surface area contributed by atoms with Crippen LogP contribution in [0.15, 0.2) is 12.1 Å². The second-order valence-corrected chi connectivity index (χ2v) is 6.51. The molecule has 0 spiro atoms. The minimum atomic E-state index is -0.503. The van der Waals surface area contributed by atoms with Crippen molar-refractivity contribution in [1.82, 2.24) is 5.32 Å². The third-order valence-corrected chi connectivity index (χ3v) is 4.56. The molecule has 1 fully saturated rings. The second-order valence-electron chi connectivity index (χ2n) is 5.35. The van der Waals surface area contributed by atoms with Crippen LogP contribution in [0.3, 0.4) is 0 Å². The van der Waals surface area contributed by atoms with E-state index in [-0.39, 0.29) is 12.1 Å². The first-order chi connectivity index (χ1) is 9.30. The van der Waals surface area contributed by atoms with Gasteiger partial charge in [-0.05, 0) is 32.4 Å². The summed E-state index contributed by atoms with van der Waals surface area (Å²) in [6, 6.07) is 3.68. The van der Waals surface area contributed by atoms with Crippen molar-refractivity contribution in [1.29, 1.82) is 0 Å². The van der Waals surface area contributed by atoms with E-state index in [1.807, 2.05) is 26.8 Å². The van der Waals surface area contributed by atoms with E-state index in [1.54, 1.807) is 6.07 Å². The first-order valence-electron chi connectivity index (χ1n) is 6.49. The molecule has 112 valence electrons. The summed E-state index contributed by atoms with van der Waals surface area (Å²) in [6.07, 6.45) is 0.0361. The first kappa shape index (κ1) is 16.3. The molecule has 1 aromatic carbocycles. The van der Waals surface area contributed by atoms with Crippen LogP contribution in [0.25, 0.3) is 0 Å². The van der Waals surface area contributed by atoms with Crippen LogP contribution in [0.1, 0.15) is 32.4 Å². The number of nitrogens with one attached hydrogen (secondary N) is 1. The fourth-order valence-electron chi connectivity index (χ4n) is 2.16. The average molecular weight is 339 g/mol. The second kappa shape index (κ2) is 6.39. The van der Waals surface area contributed by atoms with Gasteiger partial charge < -0.3 is 14.8 Å². The van der Waals surface area contributed by atoms with Crippen molar-refractivity contribution in [2.75, 3.05) is 13.2 Å². The molecule has 1 aliphatic heterocycles. The van der Waals surface area contributed by atoms with Crippen molar-refractivity contribution in [3.63, 3.8) is 0 Å². The van der Waals surface area contributed by atoms with Gasteiger partial charge in [0.2, 0.25) is 0 Å². The van der Waals surface area contributed by atoms with Crippen molar-refractivity contribution in [3.8, 4) is 0 Å². The van der Waals surface area contributed by atoms with E-state index < -0.39 is 5.79 Å². The van der Waals surface area contributed by atoms with Gasteiger partial charge in [0.1, 0.15) is 0 Å². The van der Waals surface area contributed by atoms with Gasteiger partial charge in [-0.1, -0.05) is 40.9 Å². The molecule has 1 aromatic rings. The third-order valence-electron chi connectivity index (χ3n) is 3.25. The monoisotopic (exact) mass is 337 g/mol. The molecule has 2 unspecified atom stereocenters. The van der Waals surface area contributed by atoms with E-state index >= 15 is 0 Å². The van der Waals surface area contributed by atoms with Crippen LogP contribution >= 0.6 is 34.8 Å². The Morgan fingerprint density at radius 1 is 1.30 bits per heavy atom. The van der Waals surface area contributed by atoms with Gasteiger partial charge in [-0.2, -0.15) is 0 Å².